The summed E-state index contributed by atoms with van der Waals surface area (Å²) in [6, 6.07) is 0. The molecule has 65 heavy (non-hydrogen) atoms. The molecular weight excluding hydrogens is 841 g/mol. The quantitative estimate of drug-likeness (QED) is 0.198. The number of esters is 2. The second-order valence-electron chi connectivity index (χ2n) is 19.9. The van der Waals surface area contributed by atoms with Gasteiger partial charge in [-0.05, 0) is 69.1 Å². The van der Waals surface area contributed by atoms with Gasteiger partial charge < -0.3 is 62.3 Å². The lowest BCUT2D eigenvalue weighted by molar-refractivity contribution is -0.340. The molecule has 366 valence electrons. The third-order valence-corrected chi connectivity index (χ3v) is 15.2. The van der Waals surface area contributed by atoms with Gasteiger partial charge in [0.15, 0.2) is 24.5 Å². The van der Waals surface area contributed by atoms with Gasteiger partial charge in [0.1, 0.15) is 35.9 Å². The van der Waals surface area contributed by atoms with Crippen LogP contribution in [0, 0.1) is 23.7 Å². The van der Waals surface area contributed by atoms with Crippen LogP contribution in [0.4, 0.5) is 0 Å². The zero-order valence-electron chi connectivity index (χ0n) is 40.3. The SMILES string of the molecule is CC[C@H](C)[C@H]1O[C@]2(CC[C@@H]1C)C[C@@H]1C[C@@H](C/C=C(\C)[C@@H](O[C@H]3C[C@H](OC)[C@@H](O[C@H]4C[C@H](OC)[C@@H](O)[C@H](C)O4)[C@H](C)O3)[C@@H](C)/C=C/C=C3\CO[C@@H]4[C@H](OC(C)=O)C(C)=C[C@@H](C(=O)O1)[C@]34O)O2. The number of rotatable bonds is 9. The van der Waals surface area contributed by atoms with Crippen LogP contribution in [0.25, 0.3) is 0 Å². The Balaban J connectivity index is 1.20. The van der Waals surface area contributed by atoms with Crippen LogP contribution >= 0.6 is 0 Å². The zero-order chi connectivity index (χ0) is 47.0. The molecular formula is C50H76O15. The Labute approximate surface area is 385 Å². The first kappa shape index (κ1) is 50.3. The third kappa shape index (κ3) is 10.7. The topological polar surface area (TPSA) is 176 Å². The molecule has 5 saturated heterocycles. The minimum Gasteiger partial charge on any atom is -0.462 e. The van der Waals surface area contributed by atoms with Gasteiger partial charge in [0, 0.05) is 59.2 Å². The normalized spacial score (nSPS) is 47.6. The average Bonchev–Trinajstić information content (AvgIpc) is 3.60. The molecule has 7 rings (SSSR count). The Morgan fingerprint density at radius 3 is 2.35 bits per heavy atom. The lowest BCUT2D eigenvalue weighted by Crippen LogP contribution is -2.59. The molecule has 20 atom stereocenters. The number of aliphatic hydroxyl groups excluding tert-OH is 1. The number of hydrogen-bond acceptors (Lipinski definition) is 15. The van der Waals surface area contributed by atoms with E-state index < -0.39 is 103 Å². The Hall–Kier alpha value is -2.54. The van der Waals surface area contributed by atoms with Crippen molar-refractivity contribution in [3.05, 3.63) is 47.1 Å². The largest absolute Gasteiger partial charge is 0.462 e. The summed E-state index contributed by atoms with van der Waals surface area (Å²) in [6.45, 7) is 17.6. The summed E-state index contributed by atoms with van der Waals surface area (Å²) in [4.78, 5) is 26.9. The lowest BCUT2D eigenvalue weighted by Gasteiger charge is -2.51. The summed E-state index contributed by atoms with van der Waals surface area (Å²) in [5, 5.41) is 23.3. The summed E-state index contributed by atoms with van der Waals surface area (Å²) in [5.41, 5.74) is 0.170. The minimum atomic E-state index is -1.86. The van der Waals surface area contributed by atoms with Crippen LogP contribution in [0.15, 0.2) is 47.1 Å². The van der Waals surface area contributed by atoms with Crippen LogP contribution < -0.4 is 0 Å². The molecule has 6 aliphatic heterocycles. The van der Waals surface area contributed by atoms with E-state index in [0.29, 0.717) is 61.5 Å². The predicted molar refractivity (Wildman–Crippen MR) is 237 cm³/mol. The van der Waals surface area contributed by atoms with Gasteiger partial charge >= 0.3 is 11.9 Å². The van der Waals surface area contributed by atoms with Crippen molar-refractivity contribution in [3.63, 3.8) is 0 Å². The monoisotopic (exact) mass is 917 g/mol. The fourth-order valence-electron chi connectivity index (χ4n) is 11.3. The van der Waals surface area contributed by atoms with Crippen molar-refractivity contribution in [2.45, 2.75) is 211 Å². The van der Waals surface area contributed by atoms with E-state index in [2.05, 4.69) is 33.8 Å². The van der Waals surface area contributed by atoms with Crippen molar-refractivity contribution >= 4 is 11.9 Å². The van der Waals surface area contributed by atoms with Gasteiger partial charge in [-0.3, -0.25) is 9.59 Å². The molecule has 0 aromatic rings. The van der Waals surface area contributed by atoms with Crippen LogP contribution in [0.2, 0.25) is 0 Å². The van der Waals surface area contributed by atoms with E-state index in [1.165, 1.54) is 6.92 Å². The minimum absolute atomic E-state index is 0.0137. The van der Waals surface area contributed by atoms with Gasteiger partial charge in [0.05, 0.1) is 49.3 Å². The molecule has 5 fully saturated rings. The highest BCUT2D eigenvalue weighted by atomic mass is 16.7. The van der Waals surface area contributed by atoms with E-state index in [-0.39, 0.29) is 24.7 Å². The van der Waals surface area contributed by atoms with Crippen molar-refractivity contribution in [3.8, 4) is 0 Å². The van der Waals surface area contributed by atoms with E-state index >= 15 is 0 Å². The highest BCUT2D eigenvalue weighted by molar-refractivity contribution is 5.79. The number of carbonyl (C=O) groups is 2. The Morgan fingerprint density at radius 1 is 0.938 bits per heavy atom. The highest BCUT2D eigenvalue weighted by Gasteiger charge is 2.61. The van der Waals surface area contributed by atoms with Gasteiger partial charge in [0.2, 0.25) is 0 Å². The predicted octanol–water partition coefficient (Wildman–Crippen LogP) is 6.17. The average molecular weight is 917 g/mol. The van der Waals surface area contributed by atoms with E-state index in [1.54, 1.807) is 40.2 Å². The van der Waals surface area contributed by atoms with Crippen molar-refractivity contribution in [2.24, 2.45) is 23.7 Å². The number of hydrogen-bond donors (Lipinski definition) is 2. The number of fused-ring (bicyclic) bond motifs is 2. The Morgan fingerprint density at radius 2 is 1.65 bits per heavy atom. The molecule has 0 aromatic carbocycles. The molecule has 15 nitrogen and oxygen atoms in total. The first-order chi connectivity index (χ1) is 30.9. The van der Waals surface area contributed by atoms with Crippen LogP contribution in [0.3, 0.4) is 0 Å². The molecule has 2 N–H and O–H groups in total. The van der Waals surface area contributed by atoms with Crippen LogP contribution in [0.1, 0.15) is 114 Å². The first-order valence-electron chi connectivity index (χ1n) is 24.1. The smallest absolute Gasteiger partial charge is 0.316 e. The van der Waals surface area contributed by atoms with Gasteiger partial charge in [-0.1, -0.05) is 64.5 Å². The summed E-state index contributed by atoms with van der Waals surface area (Å²) < 4.78 is 70.0. The number of aliphatic hydroxyl groups is 2. The molecule has 0 saturated carbocycles. The fraction of sp³-hybridized carbons (Fsp3) is 0.800. The highest BCUT2D eigenvalue weighted by Crippen LogP contribution is 2.49. The van der Waals surface area contributed by atoms with Crippen molar-refractivity contribution < 1.29 is 71.9 Å². The van der Waals surface area contributed by atoms with Gasteiger partial charge in [-0.25, -0.2) is 0 Å². The molecule has 1 aliphatic carbocycles. The molecule has 15 heteroatoms. The second kappa shape index (κ2) is 21.0. The van der Waals surface area contributed by atoms with Crippen molar-refractivity contribution in [2.75, 3.05) is 20.8 Å². The molecule has 0 radical (unpaired) electrons. The summed E-state index contributed by atoms with van der Waals surface area (Å²) >= 11 is 0. The zero-order valence-corrected chi connectivity index (χ0v) is 40.3. The molecule has 0 aromatic heterocycles. The third-order valence-electron chi connectivity index (χ3n) is 15.2. The molecule has 7 aliphatic rings. The molecule has 0 unspecified atom stereocenters. The van der Waals surface area contributed by atoms with E-state index in [4.69, 9.17) is 52.1 Å². The number of allylic oxidation sites excluding steroid dienone is 2. The maximum absolute atomic E-state index is 14.6. The Bertz CT molecular complexity index is 1790. The summed E-state index contributed by atoms with van der Waals surface area (Å²) in [7, 11) is 3.22. The number of carbonyl (C=O) groups excluding carboxylic acids is 2. The van der Waals surface area contributed by atoms with Crippen molar-refractivity contribution in [1.82, 2.24) is 0 Å². The molecule has 2 bridgehead atoms. The maximum Gasteiger partial charge on any atom is 0.316 e. The van der Waals surface area contributed by atoms with E-state index in [9.17, 15) is 19.8 Å². The van der Waals surface area contributed by atoms with E-state index in [1.807, 2.05) is 26.0 Å². The Kier molecular flexibility index (Phi) is 16.3. The standard InChI is InChI=1S/C50H76O15/c1-12-26(2)44-29(5)18-19-49(65-44)24-36-21-35(64-49)17-16-28(4)43(62-41-23-39(56-11)46(32(8)59-41)63-40-22-38(55-10)42(52)31(7)58-40)27(3)14-13-15-34-25-57-47-45(60-33(9)51)30(6)20-37(48(53)61-36)50(34,47)54/h13-16,20,26-27,29,31-32,35-47,52,54H,12,17-19,21-25H2,1-11H3/b14-13+,28-16+,34-15+/t26-,27-,29-,31-,32-,35+,36-,37-,38-,39-,40-,41-,42-,43-,44+,45+,46-,47+,49+,50+/m0/s1. The molecule has 6 heterocycles. The number of ether oxygens (including phenoxy) is 11. The van der Waals surface area contributed by atoms with Crippen molar-refractivity contribution in [1.29, 1.82) is 0 Å². The lowest BCUT2D eigenvalue weighted by atomic mass is 9.70. The summed E-state index contributed by atoms with van der Waals surface area (Å²) in [5.74, 6) is -2.76. The molecule has 0 amide bonds. The van der Waals surface area contributed by atoms with Gasteiger partial charge in [-0.15, -0.1) is 0 Å². The van der Waals surface area contributed by atoms with Gasteiger partial charge in [-0.2, -0.15) is 0 Å². The van der Waals surface area contributed by atoms with Gasteiger partial charge in [0.25, 0.3) is 0 Å². The van der Waals surface area contributed by atoms with Crippen LogP contribution in [-0.4, -0.2) is 140 Å². The second-order valence-corrected chi connectivity index (χ2v) is 19.9. The first-order valence-corrected chi connectivity index (χ1v) is 24.1. The fourth-order valence-corrected chi connectivity index (χ4v) is 11.3. The van der Waals surface area contributed by atoms with Crippen LogP contribution in [-0.2, 0) is 61.7 Å². The summed E-state index contributed by atoms with van der Waals surface area (Å²) in [6.07, 6.45) is 6.44. The molecule has 1 spiro atoms. The maximum atomic E-state index is 14.6. The van der Waals surface area contributed by atoms with Crippen LogP contribution in [0.5, 0.6) is 0 Å². The van der Waals surface area contributed by atoms with E-state index in [0.717, 1.165) is 18.4 Å². The number of methoxy groups -OCH3 is 2.